The topological polar surface area (TPSA) is 63.6 Å². The minimum Gasteiger partial charge on any atom is -0.494 e. The molecule has 0 aliphatic heterocycles. The lowest BCUT2D eigenvalue weighted by Crippen LogP contribution is -2.02. The predicted octanol–water partition coefficient (Wildman–Crippen LogP) is 2.42. The third-order valence-corrected chi connectivity index (χ3v) is 3.20. The van der Waals surface area contributed by atoms with Crippen molar-refractivity contribution in [1.29, 1.82) is 0 Å². The Kier molecular flexibility index (Phi) is 4.32. The molecule has 5 heteroatoms. The number of rotatable bonds is 5. The molecule has 4 nitrogen and oxygen atoms in total. The minimum absolute atomic E-state index is 0.0738. The summed E-state index contributed by atoms with van der Waals surface area (Å²) in [4.78, 5) is -0.0738. The Labute approximate surface area is 96.0 Å². The molecule has 0 atom stereocenters. The van der Waals surface area contributed by atoms with Gasteiger partial charge in [0.2, 0.25) is 0 Å². The van der Waals surface area contributed by atoms with Crippen LogP contribution in [0.1, 0.15) is 25.3 Å². The van der Waals surface area contributed by atoms with Gasteiger partial charge < -0.3 is 4.74 Å². The maximum absolute atomic E-state index is 10.9. The lowest BCUT2D eigenvalue weighted by atomic mass is 10.2. The summed E-state index contributed by atoms with van der Waals surface area (Å²) in [5, 5.41) is 0. The van der Waals surface area contributed by atoms with E-state index < -0.39 is 10.1 Å². The Balaban J connectivity index is 2.83. The lowest BCUT2D eigenvalue weighted by molar-refractivity contribution is 0.309. The van der Waals surface area contributed by atoms with Crippen molar-refractivity contribution in [2.75, 3.05) is 6.61 Å². The van der Waals surface area contributed by atoms with Crippen LogP contribution in [0.5, 0.6) is 5.75 Å². The van der Waals surface area contributed by atoms with E-state index in [-0.39, 0.29) is 4.90 Å². The molecule has 0 amide bonds. The van der Waals surface area contributed by atoms with Crippen molar-refractivity contribution < 1.29 is 17.7 Å². The van der Waals surface area contributed by atoms with Gasteiger partial charge in [-0.3, -0.25) is 4.55 Å². The van der Waals surface area contributed by atoms with E-state index in [9.17, 15) is 8.42 Å². The Morgan fingerprint density at radius 3 is 2.56 bits per heavy atom. The number of ether oxygens (including phenoxy) is 1. The molecule has 0 saturated carbocycles. The summed E-state index contributed by atoms with van der Waals surface area (Å²) in [6.45, 7) is 4.30. The molecule has 0 aliphatic rings. The van der Waals surface area contributed by atoms with Crippen LogP contribution in [0.25, 0.3) is 0 Å². The molecular formula is C11H16O4S. The average Bonchev–Trinajstić information content (AvgIpc) is 2.16. The molecule has 0 aliphatic carbocycles. The van der Waals surface area contributed by atoms with Gasteiger partial charge in [0.25, 0.3) is 10.1 Å². The largest absolute Gasteiger partial charge is 0.494 e. The van der Waals surface area contributed by atoms with Gasteiger partial charge in [-0.05, 0) is 37.1 Å². The van der Waals surface area contributed by atoms with E-state index in [0.29, 0.717) is 17.9 Å². The third kappa shape index (κ3) is 3.50. The quantitative estimate of drug-likeness (QED) is 0.638. The summed E-state index contributed by atoms with van der Waals surface area (Å²) in [6.07, 6.45) is 2.00. The summed E-state index contributed by atoms with van der Waals surface area (Å²) in [5.41, 5.74) is 0.483. The Morgan fingerprint density at radius 1 is 1.38 bits per heavy atom. The fourth-order valence-corrected chi connectivity index (χ4v) is 2.04. The summed E-state index contributed by atoms with van der Waals surface area (Å²) in [7, 11) is -4.13. The monoisotopic (exact) mass is 244 g/mol. The van der Waals surface area contributed by atoms with Crippen LogP contribution >= 0.6 is 0 Å². The average molecular weight is 244 g/mol. The van der Waals surface area contributed by atoms with Crippen LogP contribution in [0.3, 0.4) is 0 Å². The van der Waals surface area contributed by atoms with Gasteiger partial charge in [-0.25, -0.2) is 0 Å². The number of benzene rings is 1. The second kappa shape index (κ2) is 5.32. The highest BCUT2D eigenvalue weighted by Gasteiger charge is 2.13. The number of aryl methyl sites for hydroxylation is 1. The summed E-state index contributed by atoms with van der Waals surface area (Å²) < 4.78 is 36.2. The first-order valence-electron chi connectivity index (χ1n) is 5.16. The molecule has 0 heterocycles. The fraction of sp³-hybridized carbons (Fsp3) is 0.455. The van der Waals surface area contributed by atoms with Gasteiger partial charge in [-0.15, -0.1) is 0 Å². The molecular weight excluding hydrogens is 228 g/mol. The van der Waals surface area contributed by atoms with Gasteiger partial charge in [0.15, 0.2) is 0 Å². The highest BCUT2D eigenvalue weighted by molar-refractivity contribution is 7.85. The third-order valence-electron chi connectivity index (χ3n) is 2.19. The molecule has 0 bridgehead atoms. The maximum Gasteiger partial charge on any atom is 0.294 e. The van der Waals surface area contributed by atoms with E-state index in [2.05, 4.69) is 6.92 Å². The highest BCUT2D eigenvalue weighted by atomic mass is 32.2. The van der Waals surface area contributed by atoms with Crippen LogP contribution in [0.15, 0.2) is 23.1 Å². The van der Waals surface area contributed by atoms with Crippen LogP contribution in [0.4, 0.5) is 0 Å². The zero-order valence-corrected chi connectivity index (χ0v) is 10.3. The maximum atomic E-state index is 10.9. The number of unbranched alkanes of at least 4 members (excludes halogenated alkanes) is 1. The van der Waals surface area contributed by atoms with Gasteiger partial charge in [0.1, 0.15) is 5.75 Å². The van der Waals surface area contributed by atoms with Crippen molar-refractivity contribution in [1.82, 2.24) is 0 Å². The predicted molar refractivity (Wildman–Crippen MR) is 61.4 cm³/mol. The van der Waals surface area contributed by atoms with Gasteiger partial charge >= 0.3 is 0 Å². The Hall–Kier alpha value is -1.07. The van der Waals surface area contributed by atoms with Gasteiger partial charge in [-0.1, -0.05) is 13.3 Å². The number of hydrogen-bond acceptors (Lipinski definition) is 3. The molecule has 16 heavy (non-hydrogen) atoms. The van der Waals surface area contributed by atoms with E-state index in [1.54, 1.807) is 19.1 Å². The standard InChI is InChI=1S/C11H16O4S/c1-3-4-7-15-10-5-6-11(9(2)8-10)16(12,13)14/h5-6,8H,3-4,7H2,1-2H3,(H,12,13,14). The summed E-state index contributed by atoms with van der Waals surface area (Å²) in [6, 6.07) is 4.51. The van der Waals surface area contributed by atoms with Gasteiger partial charge in [-0.2, -0.15) is 8.42 Å². The van der Waals surface area contributed by atoms with Crippen molar-refractivity contribution in [2.45, 2.75) is 31.6 Å². The molecule has 1 rings (SSSR count). The fourth-order valence-electron chi connectivity index (χ4n) is 1.34. The summed E-state index contributed by atoms with van der Waals surface area (Å²) in [5.74, 6) is 0.623. The van der Waals surface area contributed by atoms with E-state index in [1.165, 1.54) is 6.07 Å². The first-order valence-corrected chi connectivity index (χ1v) is 6.60. The Bertz CT molecular complexity index is 451. The molecule has 1 aromatic carbocycles. The molecule has 0 radical (unpaired) electrons. The van der Waals surface area contributed by atoms with Crippen LogP contribution in [-0.2, 0) is 10.1 Å². The molecule has 0 fully saturated rings. The molecule has 1 aromatic rings. The smallest absolute Gasteiger partial charge is 0.294 e. The SMILES string of the molecule is CCCCOc1ccc(S(=O)(=O)O)c(C)c1. The second-order valence-electron chi connectivity index (χ2n) is 3.60. The van der Waals surface area contributed by atoms with Crippen LogP contribution in [-0.4, -0.2) is 19.6 Å². The van der Waals surface area contributed by atoms with Crippen molar-refractivity contribution in [3.63, 3.8) is 0 Å². The highest BCUT2D eigenvalue weighted by Crippen LogP contribution is 2.21. The zero-order valence-electron chi connectivity index (χ0n) is 9.43. The zero-order chi connectivity index (χ0) is 12.2. The normalized spacial score (nSPS) is 11.4. The van der Waals surface area contributed by atoms with E-state index in [0.717, 1.165) is 12.8 Å². The lowest BCUT2D eigenvalue weighted by Gasteiger charge is -2.08. The molecule has 90 valence electrons. The van der Waals surface area contributed by atoms with Crippen LogP contribution < -0.4 is 4.74 Å². The minimum atomic E-state index is -4.13. The van der Waals surface area contributed by atoms with E-state index in [1.807, 2.05) is 0 Å². The molecule has 0 unspecified atom stereocenters. The second-order valence-corrected chi connectivity index (χ2v) is 4.99. The van der Waals surface area contributed by atoms with Gasteiger partial charge in [0, 0.05) is 0 Å². The first kappa shape index (κ1) is 13.0. The van der Waals surface area contributed by atoms with E-state index >= 15 is 0 Å². The number of hydrogen-bond donors (Lipinski definition) is 1. The van der Waals surface area contributed by atoms with Crippen LogP contribution in [0, 0.1) is 6.92 Å². The molecule has 0 saturated heterocycles. The Morgan fingerprint density at radius 2 is 2.06 bits per heavy atom. The van der Waals surface area contributed by atoms with Crippen molar-refractivity contribution >= 4 is 10.1 Å². The van der Waals surface area contributed by atoms with Crippen molar-refractivity contribution in [2.24, 2.45) is 0 Å². The van der Waals surface area contributed by atoms with E-state index in [4.69, 9.17) is 9.29 Å². The van der Waals surface area contributed by atoms with Crippen molar-refractivity contribution in [3.8, 4) is 5.75 Å². The van der Waals surface area contributed by atoms with Crippen molar-refractivity contribution in [3.05, 3.63) is 23.8 Å². The summed E-state index contributed by atoms with van der Waals surface area (Å²) >= 11 is 0. The van der Waals surface area contributed by atoms with Gasteiger partial charge in [0.05, 0.1) is 11.5 Å². The molecule has 0 spiro atoms. The molecule has 1 N–H and O–H groups in total. The molecule has 0 aromatic heterocycles. The first-order chi connectivity index (χ1) is 7.45. The van der Waals surface area contributed by atoms with Crippen LogP contribution in [0.2, 0.25) is 0 Å².